The van der Waals surface area contributed by atoms with Crippen molar-refractivity contribution < 1.29 is 0 Å². The van der Waals surface area contributed by atoms with Crippen LogP contribution in [0.25, 0.3) is 33.0 Å². The van der Waals surface area contributed by atoms with Crippen molar-refractivity contribution in [2.75, 3.05) is 5.32 Å². The Morgan fingerprint density at radius 3 is 1.38 bits per heavy atom. The molecule has 198 valence electrons. The van der Waals surface area contributed by atoms with Gasteiger partial charge in [0.2, 0.25) is 0 Å². The molecule has 0 spiro atoms. The molecule has 0 amide bonds. The molecule has 42 heavy (non-hydrogen) atoms. The average molecular weight is 536 g/mol. The molecule has 0 bridgehead atoms. The van der Waals surface area contributed by atoms with E-state index >= 15 is 0 Å². The van der Waals surface area contributed by atoms with Crippen molar-refractivity contribution in [1.29, 1.82) is 0 Å². The van der Waals surface area contributed by atoms with E-state index in [0.717, 1.165) is 11.4 Å². The first-order valence-corrected chi connectivity index (χ1v) is 14.5. The summed E-state index contributed by atoms with van der Waals surface area (Å²) in [4.78, 5) is 0. The molecule has 0 radical (unpaired) electrons. The molecular weight excluding hydrogens is 506 g/mol. The van der Waals surface area contributed by atoms with E-state index in [2.05, 4.69) is 169 Å². The van der Waals surface area contributed by atoms with Gasteiger partial charge in [-0.2, -0.15) is 0 Å². The van der Waals surface area contributed by atoms with Gasteiger partial charge in [-0.25, -0.2) is 0 Å². The molecular formula is C41H29N. The van der Waals surface area contributed by atoms with E-state index in [4.69, 9.17) is 0 Å². The van der Waals surface area contributed by atoms with Crippen LogP contribution in [0.5, 0.6) is 0 Å². The number of para-hydroxylation sites is 1. The van der Waals surface area contributed by atoms with Gasteiger partial charge in [0.25, 0.3) is 0 Å². The molecule has 0 atom stereocenters. The molecule has 1 nitrogen and oxygen atoms in total. The highest BCUT2D eigenvalue weighted by Gasteiger charge is 2.46. The predicted molar refractivity (Wildman–Crippen MR) is 176 cm³/mol. The summed E-state index contributed by atoms with van der Waals surface area (Å²) in [7, 11) is 0. The maximum absolute atomic E-state index is 3.65. The van der Waals surface area contributed by atoms with E-state index in [0.29, 0.717) is 0 Å². The minimum atomic E-state index is -0.451. The Balaban J connectivity index is 1.43. The number of hydrogen-bond donors (Lipinski definition) is 1. The molecule has 0 saturated heterocycles. The maximum atomic E-state index is 3.65. The Bertz CT molecular complexity index is 2010. The summed E-state index contributed by atoms with van der Waals surface area (Å²) in [5.74, 6) is 0. The van der Waals surface area contributed by atoms with E-state index in [1.165, 1.54) is 55.3 Å². The lowest BCUT2D eigenvalue weighted by Gasteiger charge is -2.35. The largest absolute Gasteiger partial charge is 0.355 e. The minimum absolute atomic E-state index is 0.451. The highest BCUT2D eigenvalue weighted by Crippen LogP contribution is 2.57. The summed E-state index contributed by atoms with van der Waals surface area (Å²) in [5, 5.41) is 6.09. The monoisotopic (exact) mass is 535 g/mol. The molecule has 0 saturated carbocycles. The molecule has 1 N–H and O–H groups in total. The van der Waals surface area contributed by atoms with Crippen LogP contribution in [0, 0.1) is 0 Å². The lowest BCUT2D eigenvalue weighted by Crippen LogP contribution is -2.29. The number of anilines is 2. The Kier molecular flexibility index (Phi) is 5.75. The van der Waals surface area contributed by atoms with Crippen LogP contribution in [0.3, 0.4) is 0 Å². The van der Waals surface area contributed by atoms with E-state index in [1.54, 1.807) is 0 Å². The van der Waals surface area contributed by atoms with Gasteiger partial charge in [0.05, 0.1) is 5.41 Å². The topological polar surface area (TPSA) is 12.0 Å². The second-order valence-corrected chi connectivity index (χ2v) is 11.0. The average Bonchev–Trinajstić information content (AvgIpc) is 3.37. The summed E-state index contributed by atoms with van der Waals surface area (Å²) in [5.41, 5.74) is 12.1. The second-order valence-electron chi connectivity index (χ2n) is 11.0. The first-order chi connectivity index (χ1) is 20.9. The summed E-state index contributed by atoms with van der Waals surface area (Å²) < 4.78 is 0. The van der Waals surface area contributed by atoms with Crippen molar-refractivity contribution in [2.45, 2.75) is 5.41 Å². The van der Waals surface area contributed by atoms with Gasteiger partial charge < -0.3 is 5.32 Å². The molecule has 7 aromatic rings. The Morgan fingerprint density at radius 1 is 0.333 bits per heavy atom. The molecule has 0 aromatic heterocycles. The maximum Gasteiger partial charge on any atom is 0.0719 e. The van der Waals surface area contributed by atoms with Gasteiger partial charge in [-0.05, 0) is 68.1 Å². The molecule has 0 fully saturated rings. The van der Waals surface area contributed by atoms with Gasteiger partial charge in [0, 0.05) is 16.8 Å². The Morgan fingerprint density at radius 2 is 0.786 bits per heavy atom. The van der Waals surface area contributed by atoms with Crippen LogP contribution < -0.4 is 5.32 Å². The highest BCUT2D eigenvalue weighted by atomic mass is 14.9. The lowest BCUT2D eigenvalue weighted by atomic mass is 9.65. The summed E-state index contributed by atoms with van der Waals surface area (Å²) in [6.45, 7) is 0. The number of rotatable bonds is 5. The molecule has 0 heterocycles. The van der Waals surface area contributed by atoms with Crippen LogP contribution in [0.1, 0.15) is 22.3 Å². The lowest BCUT2D eigenvalue weighted by molar-refractivity contribution is 0.770. The van der Waals surface area contributed by atoms with Crippen molar-refractivity contribution in [3.63, 3.8) is 0 Å². The normalized spacial score (nSPS) is 13.0. The quantitative estimate of drug-likeness (QED) is 0.231. The number of fused-ring (bicyclic) bond motifs is 4. The first kappa shape index (κ1) is 24.4. The summed E-state index contributed by atoms with van der Waals surface area (Å²) in [6, 6.07) is 61.6. The van der Waals surface area contributed by atoms with Crippen LogP contribution in [0.4, 0.5) is 11.4 Å². The fraction of sp³-hybridized carbons (Fsp3) is 0.0244. The zero-order valence-electron chi connectivity index (χ0n) is 23.2. The van der Waals surface area contributed by atoms with Gasteiger partial charge in [0.1, 0.15) is 0 Å². The van der Waals surface area contributed by atoms with E-state index < -0.39 is 5.41 Å². The molecule has 1 aliphatic carbocycles. The molecule has 1 heteroatoms. The van der Waals surface area contributed by atoms with Crippen LogP contribution in [-0.2, 0) is 5.41 Å². The van der Waals surface area contributed by atoms with Crippen molar-refractivity contribution in [3.05, 3.63) is 192 Å². The fourth-order valence-electron chi connectivity index (χ4n) is 7.04. The number of nitrogens with one attached hydrogen (secondary N) is 1. The van der Waals surface area contributed by atoms with E-state index in [-0.39, 0.29) is 0 Å². The smallest absolute Gasteiger partial charge is 0.0719 e. The number of hydrogen-bond acceptors (Lipinski definition) is 1. The van der Waals surface area contributed by atoms with Crippen LogP contribution in [0.2, 0.25) is 0 Å². The van der Waals surface area contributed by atoms with E-state index in [1.807, 2.05) is 6.07 Å². The van der Waals surface area contributed by atoms with Crippen molar-refractivity contribution in [2.24, 2.45) is 0 Å². The van der Waals surface area contributed by atoms with Gasteiger partial charge in [-0.15, -0.1) is 0 Å². The van der Waals surface area contributed by atoms with Gasteiger partial charge in [0.15, 0.2) is 0 Å². The van der Waals surface area contributed by atoms with Gasteiger partial charge in [-0.1, -0.05) is 152 Å². The number of benzene rings is 7. The standard InChI is InChI=1S/C41H29N/c1-3-15-29(16-4-1)41(38-25-13-10-21-34(38)35-22-11-14-26-39(35)41)37-24-12-9-20-33(37)32-27-28-40(36-23-8-7-19-31(32)36)42-30-17-5-2-6-18-30/h1-28,42H. The minimum Gasteiger partial charge on any atom is -0.355 e. The molecule has 1 aliphatic rings. The zero-order valence-corrected chi connectivity index (χ0v) is 23.2. The molecule has 7 aromatic carbocycles. The third-order valence-corrected chi connectivity index (χ3v) is 8.76. The zero-order chi connectivity index (χ0) is 27.9. The third-order valence-electron chi connectivity index (χ3n) is 8.76. The van der Waals surface area contributed by atoms with Crippen LogP contribution in [0.15, 0.2) is 170 Å². The van der Waals surface area contributed by atoms with Crippen molar-refractivity contribution in [1.82, 2.24) is 0 Å². The van der Waals surface area contributed by atoms with E-state index in [9.17, 15) is 0 Å². The molecule has 8 rings (SSSR count). The summed E-state index contributed by atoms with van der Waals surface area (Å²) in [6.07, 6.45) is 0. The SMILES string of the molecule is c1ccc(Nc2ccc(-c3ccccc3C3(c4ccccc4)c4ccccc4-c4ccccc43)c3ccccc23)cc1. The fourth-order valence-corrected chi connectivity index (χ4v) is 7.04. The summed E-state index contributed by atoms with van der Waals surface area (Å²) >= 11 is 0. The highest BCUT2D eigenvalue weighted by molar-refractivity contribution is 6.05. The van der Waals surface area contributed by atoms with Crippen molar-refractivity contribution >= 4 is 22.1 Å². The van der Waals surface area contributed by atoms with Crippen LogP contribution in [-0.4, -0.2) is 0 Å². The molecule has 0 unspecified atom stereocenters. The van der Waals surface area contributed by atoms with Gasteiger partial charge in [-0.3, -0.25) is 0 Å². The van der Waals surface area contributed by atoms with Crippen LogP contribution >= 0.6 is 0 Å². The predicted octanol–water partition coefficient (Wildman–Crippen LogP) is 10.6. The second kappa shape index (κ2) is 9.90. The Labute approximate surface area is 246 Å². The molecule has 0 aliphatic heterocycles. The van der Waals surface area contributed by atoms with Gasteiger partial charge >= 0.3 is 0 Å². The Hall–Kier alpha value is -5.40. The van der Waals surface area contributed by atoms with Crippen molar-refractivity contribution in [3.8, 4) is 22.3 Å². The third kappa shape index (κ3) is 3.64. The first-order valence-electron chi connectivity index (χ1n) is 14.5.